The summed E-state index contributed by atoms with van der Waals surface area (Å²) >= 11 is 0. The fourth-order valence-corrected chi connectivity index (χ4v) is 4.60. The van der Waals surface area contributed by atoms with Crippen molar-refractivity contribution in [2.75, 3.05) is 30.1 Å². The summed E-state index contributed by atoms with van der Waals surface area (Å²) in [6, 6.07) is 21.1. The molecule has 0 saturated carbocycles. The van der Waals surface area contributed by atoms with Crippen molar-refractivity contribution in [3.63, 3.8) is 0 Å². The van der Waals surface area contributed by atoms with E-state index in [1.165, 1.54) is 0 Å². The second kappa shape index (κ2) is 11.4. The molecule has 1 atom stereocenters. The maximum absolute atomic E-state index is 13.2. The summed E-state index contributed by atoms with van der Waals surface area (Å²) in [6.45, 7) is 0.788. The maximum atomic E-state index is 13.2. The molecule has 0 aliphatic carbocycles. The molecule has 10 heteroatoms. The van der Waals surface area contributed by atoms with Crippen LogP contribution in [-0.2, 0) is 21.4 Å². The first-order valence-electron chi connectivity index (χ1n) is 11.9. The van der Waals surface area contributed by atoms with Gasteiger partial charge in [0.15, 0.2) is 0 Å². The van der Waals surface area contributed by atoms with E-state index in [4.69, 9.17) is 4.74 Å². The largest absolute Gasteiger partial charge is 0.497 e. The number of sulfonamides is 1. The third-order valence-electron chi connectivity index (χ3n) is 6.07. The number of carbonyl (C=O) groups is 2. The van der Waals surface area contributed by atoms with Crippen molar-refractivity contribution < 1.29 is 22.7 Å². The van der Waals surface area contributed by atoms with Crippen molar-refractivity contribution in [1.82, 2.24) is 10.0 Å². The summed E-state index contributed by atoms with van der Waals surface area (Å²) in [7, 11) is -1.70. The van der Waals surface area contributed by atoms with Crippen LogP contribution in [0.2, 0.25) is 0 Å². The second-order valence-corrected chi connectivity index (χ2v) is 10.7. The number of carbonyl (C=O) groups excluding carboxylic acids is 2. The van der Waals surface area contributed by atoms with Crippen LogP contribution in [0, 0.1) is 0 Å². The molecule has 1 aliphatic rings. The second-order valence-electron chi connectivity index (χ2n) is 8.85. The number of piperidine rings is 1. The molecule has 1 aliphatic heterocycles. The number of methoxy groups -OCH3 is 1. The van der Waals surface area contributed by atoms with Gasteiger partial charge in [0, 0.05) is 24.5 Å². The molecule has 0 unspecified atom stereocenters. The van der Waals surface area contributed by atoms with E-state index < -0.39 is 22.1 Å². The molecule has 37 heavy (non-hydrogen) atoms. The van der Waals surface area contributed by atoms with Gasteiger partial charge in [-0.1, -0.05) is 30.3 Å². The van der Waals surface area contributed by atoms with Crippen LogP contribution in [0.1, 0.15) is 18.4 Å². The molecule has 0 bridgehead atoms. The van der Waals surface area contributed by atoms with E-state index in [-0.39, 0.29) is 12.5 Å². The number of hydrogen-bond acceptors (Lipinski definition) is 5. The quantitative estimate of drug-likeness (QED) is 0.417. The summed E-state index contributed by atoms with van der Waals surface area (Å²) < 4.78 is 30.4. The van der Waals surface area contributed by atoms with Crippen LogP contribution in [0.5, 0.6) is 5.75 Å². The standard InChI is InChI=1S/C27H30N4O5S/c1-36-24-14-10-22(11-15-24)29-27(33)30-25-7-4-16-31(26(25)32)23-12-8-20(9-13-23)21-6-3-5-19(17-21)18-28-37(2,34)35/h3,5-6,8-15,17,25,28H,4,7,16,18H2,1-2H3,(H2,29,30,33)/t25-/m1/s1. The molecule has 194 valence electrons. The van der Waals surface area contributed by atoms with Crippen molar-refractivity contribution in [2.24, 2.45) is 0 Å². The highest BCUT2D eigenvalue weighted by Gasteiger charge is 2.30. The molecule has 4 rings (SSSR count). The van der Waals surface area contributed by atoms with Crippen LogP contribution in [0.4, 0.5) is 16.2 Å². The normalized spacial score (nSPS) is 15.8. The van der Waals surface area contributed by atoms with E-state index in [2.05, 4.69) is 15.4 Å². The maximum Gasteiger partial charge on any atom is 0.319 e. The van der Waals surface area contributed by atoms with Gasteiger partial charge in [-0.25, -0.2) is 17.9 Å². The van der Waals surface area contributed by atoms with E-state index in [1.807, 2.05) is 48.5 Å². The molecule has 9 nitrogen and oxygen atoms in total. The molecule has 0 aromatic heterocycles. The Kier molecular flexibility index (Phi) is 8.10. The van der Waals surface area contributed by atoms with Gasteiger partial charge in [0.05, 0.1) is 13.4 Å². The number of benzene rings is 3. The summed E-state index contributed by atoms with van der Waals surface area (Å²) in [6.07, 6.45) is 2.46. The zero-order valence-corrected chi connectivity index (χ0v) is 21.5. The van der Waals surface area contributed by atoms with E-state index in [0.29, 0.717) is 24.4 Å². The zero-order chi connectivity index (χ0) is 26.4. The zero-order valence-electron chi connectivity index (χ0n) is 20.7. The number of rotatable bonds is 8. The fourth-order valence-electron chi connectivity index (χ4n) is 4.17. The Morgan fingerprint density at radius 3 is 2.43 bits per heavy atom. The molecule has 3 N–H and O–H groups in total. The number of nitrogens with zero attached hydrogens (tertiary/aromatic N) is 1. The lowest BCUT2D eigenvalue weighted by Crippen LogP contribution is -2.53. The highest BCUT2D eigenvalue weighted by atomic mass is 32.2. The Hall–Kier alpha value is -3.89. The lowest BCUT2D eigenvalue weighted by atomic mass is 10.0. The van der Waals surface area contributed by atoms with Crippen molar-refractivity contribution in [1.29, 1.82) is 0 Å². The molecule has 1 heterocycles. The van der Waals surface area contributed by atoms with Gasteiger partial charge >= 0.3 is 6.03 Å². The van der Waals surface area contributed by atoms with Gasteiger partial charge in [0.2, 0.25) is 15.9 Å². The highest BCUT2D eigenvalue weighted by molar-refractivity contribution is 7.88. The minimum Gasteiger partial charge on any atom is -0.497 e. The van der Waals surface area contributed by atoms with E-state index in [9.17, 15) is 18.0 Å². The SMILES string of the molecule is COc1ccc(NC(=O)N[C@@H]2CCCN(c3ccc(-c4cccc(CNS(C)(=O)=O)c4)cc3)C2=O)cc1. The molecule has 3 amide bonds. The summed E-state index contributed by atoms with van der Waals surface area (Å²) in [4.78, 5) is 27.3. The number of anilines is 2. The molecule has 3 aromatic rings. The molecule has 0 radical (unpaired) electrons. The predicted molar refractivity (Wildman–Crippen MR) is 144 cm³/mol. The topological polar surface area (TPSA) is 117 Å². The highest BCUT2D eigenvalue weighted by Crippen LogP contribution is 2.26. The number of nitrogens with one attached hydrogen (secondary N) is 3. The van der Waals surface area contributed by atoms with Crippen LogP contribution in [0.3, 0.4) is 0 Å². The molecule has 3 aromatic carbocycles. The first kappa shape index (κ1) is 26.2. The van der Waals surface area contributed by atoms with Crippen molar-refractivity contribution in [2.45, 2.75) is 25.4 Å². The number of ether oxygens (including phenoxy) is 1. The van der Waals surface area contributed by atoms with Crippen LogP contribution in [0.25, 0.3) is 11.1 Å². The Bertz CT molecular complexity index is 1360. The van der Waals surface area contributed by atoms with Crippen molar-refractivity contribution in [3.8, 4) is 16.9 Å². The van der Waals surface area contributed by atoms with E-state index in [1.54, 1.807) is 36.3 Å². The van der Waals surface area contributed by atoms with Gasteiger partial charge in [-0.05, 0) is 72.0 Å². The predicted octanol–water partition coefficient (Wildman–Crippen LogP) is 3.73. The number of amides is 3. The van der Waals surface area contributed by atoms with Gasteiger partial charge in [0.25, 0.3) is 0 Å². The minimum absolute atomic E-state index is 0.155. The average molecular weight is 523 g/mol. The van der Waals surface area contributed by atoms with E-state index in [0.717, 1.165) is 35.1 Å². The van der Waals surface area contributed by atoms with E-state index >= 15 is 0 Å². The van der Waals surface area contributed by atoms with Crippen LogP contribution in [-0.4, -0.2) is 46.3 Å². The van der Waals surface area contributed by atoms with Gasteiger partial charge in [0.1, 0.15) is 11.8 Å². The minimum atomic E-state index is -3.28. The summed E-state index contributed by atoms with van der Waals surface area (Å²) in [5, 5.41) is 5.54. The van der Waals surface area contributed by atoms with Gasteiger partial charge < -0.3 is 20.3 Å². The lowest BCUT2D eigenvalue weighted by molar-refractivity contribution is -0.121. The third-order valence-corrected chi connectivity index (χ3v) is 6.74. The Morgan fingerprint density at radius 1 is 1.03 bits per heavy atom. The van der Waals surface area contributed by atoms with Crippen LogP contribution < -0.4 is 25.0 Å². The van der Waals surface area contributed by atoms with Crippen LogP contribution >= 0.6 is 0 Å². The molecule has 0 spiro atoms. The van der Waals surface area contributed by atoms with Gasteiger partial charge in [-0.15, -0.1) is 0 Å². The molecule has 1 fully saturated rings. The lowest BCUT2D eigenvalue weighted by Gasteiger charge is -2.32. The first-order chi connectivity index (χ1) is 17.7. The molecular formula is C27H30N4O5S. The number of urea groups is 1. The fraction of sp³-hybridized carbons (Fsp3) is 0.259. The summed E-state index contributed by atoms with van der Waals surface area (Å²) in [5.41, 5.74) is 4.10. The Morgan fingerprint density at radius 2 is 1.76 bits per heavy atom. The Balaban J connectivity index is 1.39. The monoisotopic (exact) mass is 522 g/mol. The van der Waals surface area contributed by atoms with Crippen molar-refractivity contribution in [3.05, 3.63) is 78.4 Å². The average Bonchev–Trinajstić information content (AvgIpc) is 2.89. The Labute approximate surface area is 216 Å². The number of hydrogen-bond donors (Lipinski definition) is 3. The van der Waals surface area contributed by atoms with Crippen LogP contribution in [0.15, 0.2) is 72.8 Å². The third kappa shape index (κ3) is 7.08. The summed E-state index contributed by atoms with van der Waals surface area (Å²) in [5.74, 6) is 0.532. The first-order valence-corrected chi connectivity index (χ1v) is 13.8. The molecule has 1 saturated heterocycles. The smallest absolute Gasteiger partial charge is 0.319 e. The molecular weight excluding hydrogens is 492 g/mol. The van der Waals surface area contributed by atoms with Crippen molar-refractivity contribution >= 4 is 33.3 Å². The van der Waals surface area contributed by atoms with Gasteiger partial charge in [-0.2, -0.15) is 0 Å². The van der Waals surface area contributed by atoms with Gasteiger partial charge in [-0.3, -0.25) is 4.79 Å².